The van der Waals surface area contributed by atoms with Crippen LogP contribution >= 0.6 is 46.4 Å². The second-order valence-electron chi connectivity index (χ2n) is 5.71. The molecule has 0 spiro atoms. The van der Waals surface area contributed by atoms with Crippen LogP contribution in [0.15, 0.2) is 35.9 Å². The van der Waals surface area contributed by atoms with E-state index in [1.54, 1.807) is 44.4 Å². The van der Waals surface area contributed by atoms with Crippen molar-refractivity contribution in [1.29, 1.82) is 5.26 Å². The zero-order valence-corrected chi connectivity index (χ0v) is 17.4. The highest BCUT2D eigenvalue weighted by Gasteiger charge is 2.14. The largest absolute Gasteiger partial charge is 0.486 e. The van der Waals surface area contributed by atoms with Gasteiger partial charge in [0.05, 0.1) is 10.0 Å². The molecule has 0 bridgehead atoms. The number of likely N-dealkylation sites (N-methyl/N-ethyl adjacent to an activating group) is 1. The van der Waals surface area contributed by atoms with Gasteiger partial charge in [0.15, 0.2) is 5.75 Å². The lowest BCUT2D eigenvalue weighted by molar-refractivity contribution is -0.124. The summed E-state index contributed by atoms with van der Waals surface area (Å²) >= 11 is 24.5. The second-order valence-corrected chi connectivity index (χ2v) is 7.37. The average Bonchev–Trinajstić information content (AvgIpc) is 2.59. The van der Waals surface area contributed by atoms with E-state index in [2.05, 4.69) is 0 Å². The summed E-state index contributed by atoms with van der Waals surface area (Å²) in [6.45, 7) is 0.146. The van der Waals surface area contributed by atoms with Crippen LogP contribution in [-0.2, 0) is 11.4 Å². The Hall–Kier alpha value is -1.90. The number of carbonyl (C=O) groups excluding carboxylic acids is 1. The number of carbonyl (C=O) groups is 1. The van der Waals surface area contributed by atoms with Crippen molar-refractivity contribution in [2.24, 2.45) is 0 Å². The Balaban J connectivity index is 2.26. The molecule has 0 aromatic heterocycles. The highest BCUT2D eigenvalue weighted by molar-refractivity contribution is 6.37. The SMILES string of the molecule is CN(C)C(=O)/C(C#N)=C\c1cc(Cl)c(OCc2ccc(Cl)cc2Cl)c(Cl)c1. The van der Waals surface area contributed by atoms with Gasteiger partial charge in [-0.25, -0.2) is 0 Å². The molecule has 0 heterocycles. The maximum absolute atomic E-state index is 12.0. The Bertz CT molecular complexity index is 926. The molecule has 2 rings (SSSR count). The monoisotopic (exact) mass is 442 g/mol. The standard InChI is InChI=1S/C19H14Cl4N2O2/c1-25(2)19(26)13(9-24)5-11-6-16(22)18(17(23)7-11)27-10-12-3-4-14(20)8-15(12)21/h3-8H,10H2,1-2H3/b13-5-. The highest BCUT2D eigenvalue weighted by atomic mass is 35.5. The molecular formula is C19H14Cl4N2O2. The van der Waals surface area contributed by atoms with Gasteiger partial charge in [0.25, 0.3) is 5.91 Å². The number of amides is 1. The van der Waals surface area contributed by atoms with Gasteiger partial charge in [0.2, 0.25) is 0 Å². The van der Waals surface area contributed by atoms with Gasteiger partial charge in [-0.2, -0.15) is 5.26 Å². The molecule has 2 aromatic carbocycles. The van der Waals surface area contributed by atoms with Gasteiger partial charge >= 0.3 is 0 Å². The van der Waals surface area contributed by atoms with Gasteiger partial charge in [0, 0.05) is 29.7 Å². The number of nitriles is 1. The summed E-state index contributed by atoms with van der Waals surface area (Å²) in [7, 11) is 3.12. The highest BCUT2D eigenvalue weighted by Crippen LogP contribution is 2.36. The van der Waals surface area contributed by atoms with Crippen molar-refractivity contribution in [3.63, 3.8) is 0 Å². The van der Waals surface area contributed by atoms with Crippen LogP contribution in [0.4, 0.5) is 0 Å². The Morgan fingerprint density at radius 2 is 1.74 bits per heavy atom. The van der Waals surface area contributed by atoms with E-state index < -0.39 is 5.91 Å². The number of hydrogen-bond donors (Lipinski definition) is 0. The van der Waals surface area contributed by atoms with Crippen LogP contribution in [0.1, 0.15) is 11.1 Å². The predicted octanol–water partition coefficient (Wildman–Crippen LogP) is 5.87. The molecule has 0 radical (unpaired) electrons. The Kier molecular flexibility index (Phi) is 7.41. The first-order valence-electron chi connectivity index (χ1n) is 7.62. The van der Waals surface area contributed by atoms with Crippen LogP contribution in [0.25, 0.3) is 6.08 Å². The van der Waals surface area contributed by atoms with Crippen LogP contribution in [0.5, 0.6) is 5.75 Å². The number of benzene rings is 2. The summed E-state index contributed by atoms with van der Waals surface area (Å²) in [6, 6.07) is 10.1. The van der Waals surface area contributed by atoms with E-state index in [9.17, 15) is 10.1 Å². The van der Waals surface area contributed by atoms with E-state index in [-0.39, 0.29) is 28.0 Å². The van der Waals surface area contributed by atoms with E-state index in [1.807, 2.05) is 6.07 Å². The molecule has 1 amide bonds. The van der Waals surface area contributed by atoms with Crippen molar-refractivity contribution in [2.45, 2.75) is 6.61 Å². The van der Waals surface area contributed by atoms with Crippen molar-refractivity contribution in [1.82, 2.24) is 4.90 Å². The first-order valence-corrected chi connectivity index (χ1v) is 9.13. The fourth-order valence-corrected chi connectivity index (χ4v) is 3.21. The van der Waals surface area contributed by atoms with E-state index in [0.717, 1.165) is 5.56 Å². The van der Waals surface area contributed by atoms with E-state index in [0.29, 0.717) is 15.6 Å². The van der Waals surface area contributed by atoms with E-state index in [1.165, 1.54) is 11.0 Å². The first kappa shape index (κ1) is 21.4. The topological polar surface area (TPSA) is 53.3 Å². The summed E-state index contributed by atoms with van der Waals surface area (Å²) < 4.78 is 5.69. The fraction of sp³-hybridized carbons (Fsp3) is 0.158. The van der Waals surface area contributed by atoms with Crippen LogP contribution < -0.4 is 4.74 Å². The van der Waals surface area contributed by atoms with Crippen LogP contribution in [-0.4, -0.2) is 24.9 Å². The number of nitrogens with zero attached hydrogens (tertiary/aromatic N) is 2. The Labute approximate surface area is 177 Å². The zero-order valence-electron chi connectivity index (χ0n) is 14.4. The summed E-state index contributed by atoms with van der Waals surface area (Å²) in [4.78, 5) is 13.3. The van der Waals surface area contributed by atoms with Crippen molar-refractivity contribution < 1.29 is 9.53 Å². The lowest BCUT2D eigenvalue weighted by atomic mass is 10.1. The Morgan fingerprint density at radius 1 is 1.11 bits per heavy atom. The smallest absolute Gasteiger partial charge is 0.264 e. The normalized spacial score (nSPS) is 11.1. The zero-order chi connectivity index (χ0) is 20.1. The molecule has 0 saturated carbocycles. The lowest BCUT2D eigenvalue weighted by Crippen LogP contribution is -2.22. The fourth-order valence-electron chi connectivity index (χ4n) is 2.14. The van der Waals surface area contributed by atoms with Crippen molar-refractivity contribution in [3.8, 4) is 11.8 Å². The molecule has 4 nitrogen and oxygen atoms in total. The minimum Gasteiger partial charge on any atom is -0.486 e. The maximum Gasteiger partial charge on any atom is 0.264 e. The third kappa shape index (κ3) is 5.54. The molecule has 0 N–H and O–H groups in total. The van der Waals surface area contributed by atoms with Crippen molar-refractivity contribution in [2.75, 3.05) is 14.1 Å². The molecule has 0 atom stereocenters. The van der Waals surface area contributed by atoms with Gasteiger partial charge < -0.3 is 9.64 Å². The molecular weight excluding hydrogens is 430 g/mol. The van der Waals surface area contributed by atoms with Gasteiger partial charge in [-0.1, -0.05) is 52.5 Å². The van der Waals surface area contributed by atoms with E-state index in [4.69, 9.17) is 51.1 Å². The van der Waals surface area contributed by atoms with Crippen molar-refractivity contribution in [3.05, 3.63) is 67.1 Å². The maximum atomic E-state index is 12.0. The molecule has 0 unspecified atom stereocenters. The van der Waals surface area contributed by atoms with Crippen LogP contribution in [0, 0.1) is 11.3 Å². The molecule has 0 aliphatic heterocycles. The molecule has 0 aliphatic carbocycles. The second kappa shape index (κ2) is 9.34. The molecule has 8 heteroatoms. The van der Waals surface area contributed by atoms with Crippen molar-refractivity contribution >= 4 is 58.4 Å². The number of rotatable bonds is 5. The number of hydrogen-bond acceptors (Lipinski definition) is 3. The van der Waals surface area contributed by atoms with E-state index >= 15 is 0 Å². The minimum absolute atomic E-state index is 0.0336. The third-order valence-corrected chi connectivity index (χ3v) is 4.62. The lowest BCUT2D eigenvalue weighted by Gasteiger charge is -2.12. The number of halogens is 4. The van der Waals surface area contributed by atoms with Gasteiger partial charge in [-0.3, -0.25) is 4.79 Å². The predicted molar refractivity (Wildman–Crippen MR) is 110 cm³/mol. The van der Waals surface area contributed by atoms with Gasteiger partial charge in [-0.05, 0) is 35.9 Å². The summed E-state index contributed by atoms with van der Waals surface area (Å²) in [5, 5.41) is 10.7. The molecule has 0 aliphatic rings. The average molecular weight is 444 g/mol. The summed E-state index contributed by atoms with van der Waals surface area (Å²) in [6.07, 6.45) is 1.42. The number of ether oxygens (including phenoxy) is 1. The molecule has 140 valence electrons. The molecule has 0 fully saturated rings. The van der Waals surface area contributed by atoms with Crippen LogP contribution in [0.2, 0.25) is 20.1 Å². The molecule has 27 heavy (non-hydrogen) atoms. The van der Waals surface area contributed by atoms with Gasteiger partial charge in [0.1, 0.15) is 18.2 Å². The minimum atomic E-state index is -0.414. The Morgan fingerprint density at radius 3 is 2.26 bits per heavy atom. The van der Waals surface area contributed by atoms with Crippen LogP contribution in [0.3, 0.4) is 0 Å². The molecule has 2 aromatic rings. The van der Waals surface area contributed by atoms with Gasteiger partial charge in [-0.15, -0.1) is 0 Å². The summed E-state index contributed by atoms with van der Waals surface area (Å²) in [5.74, 6) is -0.138. The summed E-state index contributed by atoms with van der Waals surface area (Å²) in [5.41, 5.74) is 1.20. The first-order chi connectivity index (χ1) is 12.7. The third-order valence-electron chi connectivity index (χ3n) is 3.48. The quantitative estimate of drug-likeness (QED) is 0.428. The molecule has 0 saturated heterocycles.